The predicted molar refractivity (Wildman–Crippen MR) is 91.6 cm³/mol. The van der Waals surface area contributed by atoms with Crippen LogP contribution >= 0.6 is 0 Å². The Labute approximate surface area is 137 Å². The first-order valence-corrected chi connectivity index (χ1v) is 8.51. The van der Waals surface area contributed by atoms with Gasteiger partial charge >= 0.3 is 0 Å². The largest absolute Gasteiger partial charge is 0.289 e. The minimum atomic E-state index is -0.132. The SMILES string of the molecule is Fc1cccc(CC2=CC3CCC(C2)N3Cc2ccccc2)c1. The second kappa shape index (κ2) is 6.29. The molecular weight excluding hydrogens is 285 g/mol. The van der Waals surface area contributed by atoms with Crippen LogP contribution in [0.15, 0.2) is 66.2 Å². The molecule has 118 valence electrons. The molecule has 1 fully saturated rings. The van der Waals surface area contributed by atoms with Crippen molar-refractivity contribution in [3.05, 3.63) is 83.2 Å². The van der Waals surface area contributed by atoms with Crippen LogP contribution in [0.1, 0.15) is 30.4 Å². The lowest BCUT2D eigenvalue weighted by atomic mass is 9.94. The fourth-order valence-electron chi connectivity index (χ4n) is 4.09. The standard InChI is InChI=1S/C21H22FN/c22-19-8-4-7-17(12-19)11-18-13-20-9-10-21(14-18)23(20)15-16-5-2-1-3-6-16/h1-8,12-13,20-21H,9-11,14-15H2. The summed E-state index contributed by atoms with van der Waals surface area (Å²) in [5.41, 5.74) is 3.96. The van der Waals surface area contributed by atoms with Crippen LogP contribution in [0.4, 0.5) is 4.39 Å². The number of nitrogens with zero attached hydrogens (tertiary/aromatic N) is 1. The highest BCUT2D eigenvalue weighted by Crippen LogP contribution is 2.36. The number of hydrogen-bond acceptors (Lipinski definition) is 1. The van der Waals surface area contributed by atoms with E-state index in [2.05, 4.69) is 41.3 Å². The van der Waals surface area contributed by atoms with Crippen LogP contribution in [0, 0.1) is 5.82 Å². The van der Waals surface area contributed by atoms with Crippen molar-refractivity contribution in [2.24, 2.45) is 0 Å². The first-order chi connectivity index (χ1) is 11.3. The van der Waals surface area contributed by atoms with Gasteiger partial charge in [-0.3, -0.25) is 4.90 Å². The van der Waals surface area contributed by atoms with E-state index in [0.29, 0.717) is 12.1 Å². The summed E-state index contributed by atoms with van der Waals surface area (Å²) >= 11 is 0. The van der Waals surface area contributed by atoms with E-state index < -0.39 is 0 Å². The third-order valence-corrected chi connectivity index (χ3v) is 5.14. The van der Waals surface area contributed by atoms with Crippen molar-refractivity contribution in [2.45, 2.75) is 44.3 Å². The van der Waals surface area contributed by atoms with Crippen LogP contribution < -0.4 is 0 Å². The normalized spacial score (nSPS) is 23.8. The molecule has 1 saturated heterocycles. The Bertz CT molecular complexity index is 707. The van der Waals surface area contributed by atoms with Crippen LogP contribution in [0.25, 0.3) is 0 Å². The Balaban J connectivity index is 1.48. The van der Waals surface area contributed by atoms with Gasteiger partial charge in [0.15, 0.2) is 0 Å². The number of hydrogen-bond donors (Lipinski definition) is 0. The second-order valence-corrected chi connectivity index (χ2v) is 6.79. The Hall–Kier alpha value is -1.93. The summed E-state index contributed by atoms with van der Waals surface area (Å²) < 4.78 is 13.4. The molecule has 0 N–H and O–H groups in total. The average molecular weight is 307 g/mol. The Morgan fingerprint density at radius 3 is 2.57 bits per heavy atom. The molecule has 2 heteroatoms. The topological polar surface area (TPSA) is 3.24 Å². The van der Waals surface area contributed by atoms with Crippen LogP contribution in [0.3, 0.4) is 0 Å². The molecule has 2 bridgehead atoms. The quantitative estimate of drug-likeness (QED) is 0.738. The predicted octanol–water partition coefficient (Wildman–Crippen LogP) is 4.73. The molecule has 2 unspecified atom stereocenters. The lowest BCUT2D eigenvalue weighted by Gasteiger charge is -2.34. The van der Waals surface area contributed by atoms with E-state index in [1.54, 1.807) is 6.07 Å². The summed E-state index contributed by atoms with van der Waals surface area (Å²) in [6, 6.07) is 19.0. The van der Waals surface area contributed by atoms with E-state index in [1.807, 2.05) is 12.1 Å². The molecular formula is C21H22FN. The highest BCUT2D eigenvalue weighted by molar-refractivity contribution is 5.27. The monoisotopic (exact) mass is 307 g/mol. The summed E-state index contributed by atoms with van der Waals surface area (Å²) in [6.45, 7) is 1.04. The van der Waals surface area contributed by atoms with Gasteiger partial charge in [0.05, 0.1) is 0 Å². The molecule has 4 rings (SSSR count). The Morgan fingerprint density at radius 2 is 1.78 bits per heavy atom. The molecule has 0 aliphatic carbocycles. The molecule has 2 aliphatic rings. The molecule has 0 amide bonds. The molecule has 0 radical (unpaired) electrons. The van der Waals surface area contributed by atoms with E-state index in [9.17, 15) is 4.39 Å². The zero-order valence-electron chi connectivity index (χ0n) is 13.3. The molecule has 0 saturated carbocycles. The van der Waals surface area contributed by atoms with Gasteiger partial charge in [-0.05, 0) is 48.9 Å². The molecule has 0 spiro atoms. The number of halogens is 1. The van der Waals surface area contributed by atoms with Gasteiger partial charge in [-0.1, -0.05) is 54.1 Å². The summed E-state index contributed by atoms with van der Waals surface area (Å²) in [4.78, 5) is 2.64. The minimum Gasteiger partial charge on any atom is -0.289 e. The van der Waals surface area contributed by atoms with Gasteiger partial charge in [-0.25, -0.2) is 4.39 Å². The second-order valence-electron chi connectivity index (χ2n) is 6.79. The lowest BCUT2D eigenvalue weighted by molar-refractivity contribution is 0.194. The van der Waals surface area contributed by atoms with E-state index in [1.165, 1.54) is 30.0 Å². The third kappa shape index (κ3) is 3.23. The summed E-state index contributed by atoms with van der Waals surface area (Å²) in [7, 11) is 0. The van der Waals surface area contributed by atoms with Crippen molar-refractivity contribution < 1.29 is 4.39 Å². The van der Waals surface area contributed by atoms with Crippen molar-refractivity contribution in [2.75, 3.05) is 0 Å². The van der Waals surface area contributed by atoms with E-state index in [-0.39, 0.29) is 5.82 Å². The van der Waals surface area contributed by atoms with Gasteiger partial charge in [-0.15, -0.1) is 0 Å². The van der Waals surface area contributed by atoms with Crippen LogP contribution in [-0.4, -0.2) is 17.0 Å². The molecule has 2 aliphatic heterocycles. The summed E-state index contributed by atoms with van der Waals surface area (Å²) in [5.74, 6) is -0.132. The summed E-state index contributed by atoms with van der Waals surface area (Å²) in [5, 5.41) is 0. The third-order valence-electron chi connectivity index (χ3n) is 5.14. The van der Waals surface area contributed by atoms with Crippen LogP contribution in [-0.2, 0) is 13.0 Å². The molecule has 2 heterocycles. The molecule has 1 nitrogen and oxygen atoms in total. The number of fused-ring (bicyclic) bond motifs is 2. The van der Waals surface area contributed by atoms with Gasteiger partial charge < -0.3 is 0 Å². The van der Waals surface area contributed by atoms with E-state index >= 15 is 0 Å². The smallest absolute Gasteiger partial charge is 0.123 e. The Morgan fingerprint density at radius 1 is 0.957 bits per heavy atom. The Kier molecular flexibility index (Phi) is 4.00. The van der Waals surface area contributed by atoms with Crippen molar-refractivity contribution >= 4 is 0 Å². The van der Waals surface area contributed by atoms with E-state index in [4.69, 9.17) is 0 Å². The first kappa shape index (κ1) is 14.6. The maximum Gasteiger partial charge on any atom is 0.123 e. The molecule has 2 aromatic rings. The fourth-order valence-corrected chi connectivity index (χ4v) is 4.09. The van der Waals surface area contributed by atoms with Gasteiger partial charge in [-0.2, -0.15) is 0 Å². The fraction of sp³-hybridized carbons (Fsp3) is 0.333. The average Bonchev–Trinajstić information content (AvgIpc) is 2.79. The molecule has 0 aromatic heterocycles. The van der Waals surface area contributed by atoms with Crippen LogP contribution in [0.2, 0.25) is 0 Å². The van der Waals surface area contributed by atoms with Crippen molar-refractivity contribution in [1.29, 1.82) is 0 Å². The zero-order chi connectivity index (χ0) is 15.6. The van der Waals surface area contributed by atoms with Gasteiger partial charge in [0, 0.05) is 18.6 Å². The van der Waals surface area contributed by atoms with Crippen molar-refractivity contribution in [3.8, 4) is 0 Å². The van der Waals surface area contributed by atoms with Crippen molar-refractivity contribution in [1.82, 2.24) is 4.90 Å². The highest BCUT2D eigenvalue weighted by atomic mass is 19.1. The number of rotatable bonds is 4. The first-order valence-electron chi connectivity index (χ1n) is 8.51. The highest BCUT2D eigenvalue weighted by Gasteiger charge is 2.36. The lowest BCUT2D eigenvalue weighted by Crippen LogP contribution is -2.38. The maximum absolute atomic E-state index is 13.4. The van der Waals surface area contributed by atoms with Crippen LogP contribution in [0.5, 0.6) is 0 Å². The summed E-state index contributed by atoms with van der Waals surface area (Å²) in [6.07, 6.45) is 6.99. The zero-order valence-corrected chi connectivity index (χ0v) is 13.3. The van der Waals surface area contributed by atoms with Gasteiger partial charge in [0.1, 0.15) is 5.82 Å². The van der Waals surface area contributed by atoms with Gasteiger partial charge in [0.2, 0.25) is 0 Å². The molecule has 23 heavy (non-hydrogen) atoms. The van der Waals surface area contributed by atoms with Gasteiger partial charge in [0.25, 0.3) is 0 Å². The van der Waals surface area contributed by atoms with E-state index in [0.717, 1.165) is 24.9 Å². The minimum absolute atomic E-state index is 0.132. The molecule has 2 atom stereocenters. The van der Waals surface area contributed by atoms with Crippen molar-refractivity contribution in [3.63, 3.8) is 0 Å². The maximum atomic E-state index is 13.4. The molecule has 2 aromatic carbocycles. The number of benzene rings is 2.